The van der Waals surface area contributed by atoms with Crippen LogP contribution in [0, 0.1) is 0 Å². The molecular weight excluding hydrogens is 264 g/mol. The van der Waals surface area contributed by atoms with E-state index >= 15 is 0 Å². The van der Waals surface area contributed by atoms with Gasteiger partial charge in [0.2, 0.25) is 0 Å². The minimum atomic E-state index is -0.515. The average Bonchev–Trinajstić information content (AvgIpc) is 2.40. The Balaban J connectivity index is 2.51. The summed E-state index contributed by atoms with van der Waals surface area (Å²) in [4.78, 5) is 27.8. The first kappa shape index (κ1) is 14.6. The van der Waals surface area contributed by atoms with E-state index in [1.807, 2.05) is 6.92 Å². The molecule has 1 aromatic rings. The number of rotatable bonds is 3. The van der Waals surface area contributed by atoms with Crippen LogP contribution < -0.4 is 21.9 Å². The maximum Gasteiger partial charge on any atom is 0.330 e. The Hall–Kier alpha value is -1.80. The van der Waals surface area contributed by atoms with Crippen LogP contribution in [0.4, 0.5) is 11.5 Å². The summed E-state index contributed by atoms with van der Waals surface area (Å²) in [5.74, 6) is 0.145. The molecule has 2 atom stereocenters. The lowest BCUT2D eigenvalue weighted by atomic mass is 10.2. The molecule has 0 saturated carbocycles. The fraction of sp³-hybridized carbons (Fsp3) is 0.667. The van der Waals surface area contributed by atoms with Crippen LogP contribution in [0.2, 0.25) is 0 Å². The molecule has 1 aliphatic heterocycles. The number of aromatic amines is 1. The topological polar surface area (TPSA) is 114 Å². The fourth-order valence-corrected chi connectivity index (χ4v) is 2.41. The molecule has 20 heavy (non-hydrogen) atoms. The molecule has 2 heterocycles. The number of hydrogen-bond acceptors (Lipinski definition) is 6. The lowest BCUT2D eigenvalue weighted by Crippen LogP contribution is -2.52. The van der Waals surface area contributed by atoms with Gasteiger partial charge in [-0.05, 0) is 13.8 Å². The van der Waals surface area contributed by atoms with Crippen LogP contribution in [-0.4, -0.2) is 46.6 Å². The molecule has 2 unspecified atom stereocenters. The van der Waals surface area contributed by atoms with E-state index in [0.29, 0.717) is 19.7 Å². The highest BCUT2D eigenvalue weighted by molar-refractivity contribution is 5.63. The van der Waals surface area contributed by atoms with E-state index in [0.717, 1.165) is 0 Å². The van der Waals surface area contributed by atoms with Gasteiger partial charge in [0.05, 0.1) is 19.3 Å². The first-order chi connectivity index (χ1) is 9.49. The number of ether oxygens (including phenoxy) is 1. The number of aromatic nitrogens is 2. The Morgan fingerprint density at radius 3 is 2.80 bits per heavy atom. The zero-order chi connectivity index (χ0) is 14.9. The molecule has 0 spiro atoms. The quantitative estimate of drug-likeness (QED) is 0.637. The molecular formula is C12H20N4O4. The van der Waals surface area contributed by atoms with Crippen molar-refractivity contribution in [1.82, 2.24) is 9.55 Å². The molecule has 2 rings (SSSR count). The van der Waals surface area contributed by atoms with Gasteiger partial charge in [-0.15, -0.1) is 0 Å². The molecule has 0 aromatic carbocycles. The summed E-state index contributed by atoms with van der Waals surface area (Å²) < 4.78 is 6.75. The number of hydrogen-bond donors (Lipinski definition) is 3. The Morgan fingerprint density at radius 2 is 2.20 bits per heavy atom. The Bertz CT molecular complexity index is 594. The summed E-state index contributed by atoms with van der Waals surface area (Å²) in [5.41, 5.74) is 5.21. The number of nitrogens with one attached hydrogen (secondary N) is 1. The van der Waals surface area contributed by atoms with Crippen molar-refractivity contribution < 1.29 is 9.84 Å². The molecule has 4 N–H and O–H groups in total. The van der Waals surface area contributed by atoms with E-state index in [-0.39, 0.29) is 30.3 Å². The van der Waals surface area contributed by atoms with Gasteiger partial charge in [-0.2, -0.15) is 0 Å². The highest BCUT2D eigenvalue weighted by Crippen LogP contribution is 2.22. The summed E-state index contributed by atoms with van der Waals surface area (Å²) in [7, 11) is 0. The zero-order valence-corrected chi connectivity index (χ0v) is 11.6. The molecule has 0 bridgehead atoms. The molecule has 1 saturated heterocycles. The standard InChI is InChI=1S/C12H20N4O4/c1-3-15-10(13)9(11(18)14-12(15)19)16-4-8(5-17)20-6-7(16)2/h7-8,17H,3-6,13H2,1-2H3,(H,14,18,19). The lowest BCUT2D eigenvalue weighted by molar-refractivity contribution is -0.0104. The highest BCUT2D eigenvalue weighted by Gasteiger charge is 2.29. The second kappa shape index (κ2) is 5.68. The van der Waals surface area contributed by atoms with Crippen LogP contribution in [0.1, 0.15) is 13.8 Å². The summed E-state index contributed by atoms with van der Waals surface area (Å²) in [6.45, 7) is 4.65. The smallest absolute Gasteiger partial charge is 0.330 e. The van der Waals surface area contributed by atoms with Crippen LogP contribution in [0.5, 0.6) is 0 Å². The monoisotopic (exact) mass is 284 g/mol. The number of anilines is 2. The summed E-state index contributed by atoms with van der Waals surface area (Å²) in [5, 5.41) is 9.20. The number of nitrogens with zero attached hydrogens (tertiary/aromatic N) is 2. The van der Waals surface area contributed by atoms with Crippen LogP contribution in [0.3, 0.4) is 0 Å². The Morgan fingerprint density at radius 1 is 1.50 bits per heavy atom. The SMILES string of the molecule is CCn1c(N)c(N2CC(CO)OCC2C)c(=O)[nH]c1=O. The average molecular weight is 284 g/mol. The molecule has 1 aromatic heterocycles. The van der Waals surface area contributed by atoms with Crippen molar-refractivity contribution in [2.24, 2.45) is 0 Å². The third-order valence-corrected chi connectivity index (χ3v) is 3.53. The molecule has 0 amide bonds. The Labute approximate surface area is 115 Å². The summed E-state index contributed by atoms with van der Waals surface area (Å²) >= 11 is 0. The van der Waals surface area contributed by atoms with Gasteiger partial charge in [-0.1, -0.05) is 0 Å². The maximum absolute atomic E-state index is 12.1. The van der Waals surface area contributed by atoms with E-state index in [2.05, 4.69) is 4.98 Å². The van der Waals surface area contributed by atoms with Crippen molar-refractivity contribution in [3.05, 3.63) is 20.8 Å². The van der Waals surface area contributed by atoms with Gasteiger partial charge in [0, 0.05) is 19.1 Å². The van der Waals surface area contributed by atoms with Crippen molar-refractivity contribution >= 4 is 11.5 Å². The van der Waals surface area contributed by atoms with Gasteiger partial charge in [0.25, 0.3) is 5.56 Å². The lowest BCUT2D eigenvalue weighted by Gasteiger charge is -2.39. The molecule has 0 aliphatic carbocycles. The molecule has 112 valence electrons. The van der Waals surface area contributed by atoms with E-state index < -0.39 is 11.2 Å². The predicted octanol–water partition coefficient (Wildman–Crippen LogP) is -1.28. The normalized spacial score (nSPS) is 23.1. The van der Waals surface area contributed by atoms with Crippen molar-refractivity contribution in [3.63, 3.8) is 0 Å². The van der Waals surface area contributed by atoms with Crippen LogP contribution >= 0.6 is 0 Å². The molecule has 8 heteroatoms. The van der Waals surface area contributed by atoms with Gasteiger partial charge >= 0.3 is 5.69 Å². The van der Waals surface area contributed by atoms with Gasteiger partial charge < -0.3 is 20.5 Å². The summed E-state index contributed by atoms with van der Waals surface area (Å²) in [6, 6.07) is -0.0657. The van der Waals surface area contributed by atoms with Crippen LogP contribution in [0.25, 0.3) is 0 Å². The van der Waals surface area contributed by atoms with Gasteiger partial charge in [0.1, 0.15) is 11.5 Å². The number of morpholine rings is 1. The molecule has 1 aliphatic rings. The first-order valence-electron chi connectivity index (χ1n) is 6.61. The van der Waals surface area contributed by atoms with Crippen molar-refractivity contribution in [2.75, 3.05) is 30.4 Å². The van der Waals surface area contributed by atoms with E-state index in [1.54, 1.807) is 11.8 Å². The molecule has 1 fully saturated rings. The summed E-state index contributed by atoms with van der Waals surface area (Å²) in [6.07, 6.45) is -0.369. The fourth-order valence-electron chi connectivity index (χ4n) is 2.41. The van der Waals surface area contributed by atoms with E-state index in [9.17, 15) is 14.7 Å². The minimum Gasteiger partial charge on any atom is -0.394 e. The minimum absolute atomic E-state index is 0.0657. The van der Waals surface area contributed by atoms with Crippen molar-refractivity contribution in [1.29, 1.82) is 0 Å². The third kappa shape index (κ3) is 2.44. The number of H-pyrrole nitrogens is 1. The van der Waals surface area contributed by atoms with Crippen molar-refractivity contribution in [3.8, 4) is 0 Å². The van der Waals surface area contributed by atoms with E-state index in [1.165, 1.54) is 4.57 Å². The second-order valence-corrected chi connectivity index (χ2v) is 4.88. The number of aliphatic hydroxyl groups is 1. The number of nitrogen functional groups attached to an aromatic ring is 1. The van der Waals surface area contributed by atoms with Crippen LogP contribution in [-0.2, 0) is 11.3 Å². The van der Waals surface area contributed by atoms with Gasteiger partial charge in [-0.25, -0.2) is 4.79 Å². The number of aliphatic hydroxyl groups excluding tert-OH is 1. The largest absolute Gasteiger partial charge is 0.394 e. The predicted molar refractivity (Wildman–Crippen MR) is 75.0 cm³/mol. The van der Waals surface area contributed by atoms with Crippen molar-refractivity contribution in [2.45, 2.75) is 32.5 Å². The van der Waals surface area contributed by atoms with E-state index in [4.69, 9.17) is 10.5 Å². The molecule has 0 radical (unpaired) electrons. The Kier molecular flexibility index (Phi) is 4.15. The van der Waals surface area contributed by atoms with Crippen LogP contribution in [0.15, 0.2) is 9.59 Å². The maximum atomic E-state index is 12.1. The van der Waals surface area contributed by atoms with Gasteiger partial charge in [0.15, 0.2) is 0 Å². The third-order valence-electron chi connectivity index (χ3n) is 3.53. The number of nitrogens with two attached hydrogens (primary N) is 1. The highest BCUT2D eigenvalue weighted by atomic mass is 16.5. The second-order valence-electron chi connectivity index (χ2n) is 4.88. The zero-order valence-electron chi connectivity index (χ0n) is 11.6. The molecule has 8 nitrogen and oxygen atoms in total. The van der Waals surface area contributed by atoms with Gasteiger partial charge in [-0.3, -0.25) is 14.3 Å². The first-order valence-corrected chi connectivity index (χ1v) is 6.61.